The zero-order chi connectivity index (χ0) is 13.0. The van der Waals surface area contributed by atoms with E-state index in [1.165, 1.54) is 5.56 Å². The van der Waals surface area contributed by atoms with E-state index in [1.54, 1.807) is 10.9 Å². The fourth-order valence-electron chi connectivity index (χ4n) is 1.87. The van der Waals surface area contributed by atoms with E-state index in [2.05, 4.69) is 29.4 Å². The third-order valence-electron chi connectivity index (χ3n) is 2.98. The van der Waals surface area contributed by atoms with E-state index in [9.17, 15) is 5.11 Å². The van der Waals surface area contributed by atoms with Crippen molar-refractivity contribution < 1.29 is 5.11 Å². The molecule has 1 unspecified atom stereocenters. The molecule has 0 aliphatic rings. The van der Waals surface area contributed by atoms with Gasteiger partial charge in [-0.05, 0) is 30.5 Å². The third kappa shape index (κ3) is 2.76. The van der Waals surface area contributed by atoms with Crippen LogP contribution in [0.2, 0.25) is 0 Å². The maximum atomic E-state index is 9.69. The van der Waals surface area contributed by atoms with Gasteiger partial charge < -0.3 is 5.11 Å². The Balaban J connectivity index is 2.18. The summed E-state index contributed by atoms with van der Waals surface area (Å²) < 4.78 is 1.70. The number of rotatable bonds is 5. The van der Waals surface area contributed by atoms with Gasteiger partial charge in [-0.15, -0.1) is 5.10 Å². The van der Waals surface area contributed by atoms with E-state index in [0.29, 0.717) is 12.1 Å². The lowest BCUT2D eigenvalue weighted by molar-refractivity contribution is 0.169. The first-order valence-corrected chi connectivity index (χ1v) is 6.44. The third-order valence-corrected chi connectivity index (χ3v) is 2.98. The van der Waals surface area contributed by atoms with Crippen LogP contribution in [0.15, 0.2) is 30.5 Å². The van der Waals surface area contributed by atoms with Gasteiger partial charge in [0, 0.05) is 0 Å². The number of nitrogens with zero attached hydrogens (tertiary/aromatic N) is 3. The van der Waals surface area contributed by atoms with Crippen molar-refractivity contribution in [2.45, 2.75) is 39.2 Å². The van der Waals surface area contributed by atoms with Gasteiger partial charge in [0.05, 0.1) is 18.0 Å². The van der Waals surface area contributed by atoms with Crippen LogP contribution >= 0.6 is 0 Å². The standard InChI is InChI=1S/C14H19N3O/c1-3-5-11-6-8-12(9-7-11)17-10-13(15-16-17)14(18)4-2/h6-10,14,18H,3-5H2,1-2H3. The first-order chi connectivity index (χ1) is 8.74. The van der Waals surface area contributed by atoms with Crippen molar-refractivity contribution in [2.75, 3.05) is 0 Å². The Kier molecular flexibility index (Phi) is 4.10. The SMILES string of the molecule is CCCc1ccc(-n2cc(C(O)CC)nn2)cc1. The Bertz CT molecular complexity index is 490. The monoisotopic (exact) mass is 245 g/mol. The summed E-state index contributed by atoms with van der Waals surface area (Å²) in [6.07, 6.45) is 4.14. The zero-order valence-electron chi connectivity index (χ0n) is 10.9. The molecule has 0 fully saturated rings. The van der Waals surface area contributed by atoms with Gasteiger partial charge in [-0.25, -0.2) is 4.68 Å². The number of aliphatic hydroxyl groups is 1. The second-order valence-electron chi connectivity index (χ2n) is 4.43. The molecule has 1 atom stereocenters. The van der Waals surface area contributed by atoms with Crippen LogP contribution in [0, 0.1) is 0 Å². The lowest BCUT2D eigenvalue weighted by Crippen LogP contribution is -1.95. The molecule has 4 heteroatoms. The number of benzene rings is 1. The summed E-state index contributed by atoms with van der Waals surface area (Å²) in [4.78, 5) is 0. The summed E-state index contributed by atoms with van der Waals surface area (Å²) in [5.74, 6) is 0. The summed E-state index contributed by atoms with van der Waals surface area (Å²) in [6, 6.07) is 8.27. The van der Waals surface area contributed by atoms with Gasteiger partial charge in [0.15, 0.2) is 0 Å². The molecule has 0 saturated heterocycles. The van der Waals surface area contributed by atoms with E-state index < -0.39 is 6.10 Å². The van der Waals surface area contributed by atoms with Crippen molar-refractivity contribution >= 4 is 0 Å². The van der Waals surface area contributed by atoms with Crippen LogP contribution in [0.1, 0.15) is 44.1 Å². The number of hydrogen-bond acceptors (Lipinski definition) is 3. The fourth-order valence-corrected chi connectivity index (χ4v) is 1.87. The smallest absolute Gasteiger partial charge is 0.112 e. The minimum absolute atomic E-state index is 0.530. The Morgan fingerprint density at radius 2 is 1.94 bits per heavy atom. The quantitative estimate of drug-likeness (QED) is 0.881. The van der Waals surface area contributed by atoms with Crippen LogP contribution in [0.4, 0.5) is 0 Å². The highest BCUT2D eigenvalue weighted by molar-refractivity contribution is 5.34. The average molecular weight is 245 g/mol. The van der Waals surface area contributed by atoms with E-state index >= 15 is 0 Å². The molecule has 1 aromatic heterocycles. The number of aryl methyl sites for hydroxylation is 1. The molecule has 0 saturated carbocycles. The first kappa shape index (κ1) is 12.8. The molecule has 96 valence electrons. The van der Waals surface area contributed by atoms with Crippen molar-refractivity contribution in [2.24, 2.45) is 0 Å². The summed E-state index contributed by atoms with van der Waals surface area (Å²) in [6.45, 7) is 4.09. The first-order valence-electron chi connectivity index (χ1n) is 6.44. The van der Waals surface area contributed by atoms with Gasteiger partial charge in [0.1, 0.15) is 5.69 Å². The molecule has 2 aromatic rings. The molecule has 0 aliphatic carbocycles. The zero-order valence-corrected chi connectivity index (χ0v) is 10.9. The van der Waals surface area contributed by atoms with Crippen molar-refractivity contribution in [1.29, 1.82) is 0 Å². The molecule has 1 aromatic carbocycles. The largest absolute Gasteiger partial charge is 0.387 e. The molecular weight excluding hydrogens is 226 g/mol. The lowest BCUT2D eigenvalue weighted by atomic mass is 10.1. The minimum Gasteiger partial charge on any atom is -0.387 e. The van der Waals surface area contributed by atoms with Crippen LogP contribution < -0.4 is 0 Å². The van der Waals surface area contributed by atoms with Gasteiger partial charge in [-0.3, -0.25) is 0 Å². The molecule has 0 aliphatic heterocycles. The maximum Gasteiger partial charge on any atom is 0.112 e. The minimum atomic E-state index is -0.530. The Labute approximate surface area is 107 Å². The summed E-state index contributed by atoms with van der Waals surface area (Å²) in [5.41, 5.74) is 2.92. The van der Waals surface area contributed by atoms with Gasteiger partial charge in [-0.1, -0.05) is 37.6 Å². The van der Waals surface area contributed by atoms with E-state index in [4.69, 9.17) is 0 Å². The predicted octanol–water partition coefficient (Wildman–Crippen LogP) is 2.66. The normalized spacial score (nSPS) is 12.6. The number of aliphatic hydroxyl groups excluding tert-OH is 1. The molecule has 18 heavy (non-hydrogen) atoms. The van der Waals surface area contributed by atoms with Gasteiger partial charge >= 0.3 is 0 Å². The van der Waals surface area contributed by atoms with Crippen LogP contribution in [-0.4, -0.2) is 20.1 Å². The van der Waals surface area contributed by atoms with Gasteiger partial charge in [0.25, 0.3) is 0 Å². The van der Waals surface area contributed by atoms with Gasteiger partial charge in [-0.2, -0.15) is 0 Å². The molecule has 2 rings (SSSR count). The molecule has 4 nitrogen and oxygen atoms in total. The van der Waals surface area contributed by atoms with Crippen LogP contribution in [-0.2, 0) is 6.42 Å². The van der Waals surface area contributed by atoms with Crippen LogP contribution in [0.3, 0.4) is 0 Å². The maximum absolute atomic E-state index is 9.69. The summed E-state index contributed by atoms with van der Waals surface area (Å²) in [5, 5.41) is 17.7. The Hall–Kier alpha value is -1.68. The molecule has 1 heterocycles. The topological polar surface area (TPSA) is 50.9 Å². The predicted molar refractivity (Wildman–Crippen MR) is 70.6 cm³/mol. The van der Waals surface area contributed by atoms with Crippen molar-refractivity contribution in [3.63, 3.8) is 0 Å². The highest BCUT2D eigenvalue weighted by Crippen LogP contribution is 2.15. The van der Waals surface area contributed by atoms with E-state index in [1.807, 2.05) is 19.1 Å². The molecule has 1 N–H and O–H groups in total. The highest BCUT2D eigenvalue weighted by atomic mass is 16.3. The lowest BCUT2D eigenvalue weighted by Gasteiger charge is -2.03. The van der Waals surface area contributed by atoms with Crippen LogP contribution in [0.5, 0.6) is 0 Å². The molecule has 0 bridgehead atoms. The average Bonchev–Trinajstić information content (AvgIpc) is 2.89. The van der Waals surface area contributed by atoms with E-state index in [-0.39, 0.29) is 0 Å². The number of aromatic nitrogens is 3. The van der Waals surface area contributed by atoms with Crippen molar-refractivity contribution in [3.8, 4) is 5.69 Å². The summed E-state index contributed by atoms with van der Waals surface area (Å²) >= 11 is 0. The highest BCUT2D eigenvalue weighted by Gasteiger charge is 2.10. The van der Waals surface area contributed by atoms with E-state index in [0.717, 1.165) is 18.5 Å². The summed E-state index contributed by atoms with van der Waals surface area (Å²) in [7, 11) is 0. The molecule has 0 amide bonds. The molecular formula is C14H19N3O. The fraction of sp³-hybridized carbons (Fsp3) is 0.429. The number of hydrogen-bond donors (Lipinski definition) is 1. The Morgan fingerprint density at radius 3 is 2.56 bits per heavy atom. The molecule has 0 spiro atoms. The van der Waals surface area contributed by atoms with Crippen molar-refractivity contribution in [1.82, 2.24) is 15.0 Å². The second kappa shape index (κ2) is 5.78. The van der Waals surface area contributed by atoms with Crippen molar-refractivity contribution in [3.05, 3.63) is 41.7 Å². The second-order valence-corrected chi connectivity index (χ2v) is 4.43. The van der Waals surface area contributed by atoms with Crippen LogP contribution in [0.25, 0.3) is 5.69 Å². The van der Waals surface area contributed by atoms with Gasteiger partial charge in [0.2, 0.25) is 0 Å². The Morgan fingerprint density at radius 1 is 1.22 bits per heavy atom. The molecule has 0 radical (unpaired) electrons.